The summed E-state index contributed by atoms with van der Waals surface area (Å²) in [5, 5.41) is 6.94. The molecule has 8 nitrogen and oxygen atoms in total. The highest BCUT2D eigenvalue weighted by Gasteiger charge is 2.14. The highest BCUT2D eigenvalue weighted by atomic mass is 16.5. The molecule has 0 atom stereocenters. The predicted octanol–water partition coefficient (Wildman–Crippen LogP) is 4.09. The van der Waals surface area contributed by atoms with Gasteiger partial charge in [0.2, 0.25) is 11.9 Å². The quantitative estimate of drug-likeness (QED) is 0.324. The van der Waals surface area contributed by atoms with Crippen molar-refractivity contribution in [3.8, 4) is 17.0 Å². The van der Waals surface area contributed by atoms with E-state index in [1.165, 1.54) is 13.2 Å². The normalized spacial score (nSPS) is 10.6. The summed E-state index contributed by atoms with van der Waals surface area (Å²) in [6.07, 6.45) is 4.91. The van der Waals surface area contributed by atoms with Gasteiger partial charge in [-0.3, -0.25) is 4.79 Å². The van der Waals surface area contributed by atoms with Crippen LogP contribution in [-0.4, -0.2) is 27.6 Å². The van der Waals surface area contributed by atoms with Crippen molar-refractivity contribution in [3.63, 3.8) is 0 Å². The number of hydrogen-bond acceptors (Lipinski definition) is 6. The van der Waals surface area contributed by atoms with Crippen molar-refractivity contribution in [1.82, 2.24) is 14.5 Å². The lowest BCUT2D eigenvalue weighted by molar-refractivity contribution is -0.111. The van der Waals surface area contributed by atoms with Crippen molar-refractivity contribution in [2.45, 2.75) is 0 Å². The van der Waals surface area contributed by atoms with Gasteiger partial charge in [0.05, 0.1) is 29.9 Å². The summed E-state index contributed by atoms with van der Waals surface area (Å²) < 4.78 is 7.49. The fraction of sp³-hybridized carbons (Fsp3) is 0.0870. The molecule has 4 rings (SSSR count). The van der Waals surface area contributed by atoms with Gasteiger partial charge in [-0.1, -0.05) is 24.8 Å². The van der Waals surface area contributed by atoms with Crippen molar-refractivity contribution in [3.05, 3.63) is 67.5 Å². The molecule has 0 fully saturated rings. The number of nitrogen functional groups attached to an aromatic ring is 1. The molecule has 0 saturated heterocycles. The highest BCUT2D eigenvalue weighted by molar-refractivity contribution is 6.01. The number of carbonyl (C=O) groups is 1. The highest BCUT2D eigenvalue weighted by Crippen LogP contribution is 2.35. The Morgan fingerprint density at radius 1 is 1.23 bits per heavy atom. The van der Waals surface area contributed by atoms with E-state index >= 15 is 0 Å². The topological polar surface area (TPSA) is 107 Å². The average molecular weight is 414 g/mol. The number of aromatic nitrogens is 3. The molecular formula is C23H22N6O2. The molecule has 0 aliphatic rings. The fourth-order valence-corrected chi connectivity index (χ4v) is 3.39. The standard InChI is InChI=1S/C23H22N6O2/c1-4-22(30)26-18-12-19(21(31-3)11-16(18)24)28-23-25-10-9-17(27-23)15-13-29(2)20-8-6-5-7-14(15)20/h4-13H,1,24H2,2-3H3,(H,26,30)(H,25,27,28). The van der Waals surface area contributed by atoms with E-state index in [0.29, 0.717) is 28.8 Å². The molecule has 2 heterocycles. The van der Waals surface area contributed by atoms with Crippen LogP contribution in [0, 0.1) is 0 Å². The molecule has 0 aliphatic heterocycles. The molecule has 156 valence electrons. The van der Waals surface area contributed by atoms with E-state index in [1.54, 1.807) is 18.3 Å². The molecule has 0 unspecified atom stereocenters. The number of hydrogen-bond donors (Lipinski definition) is 3. The van der Waals surface area contributed by atoms with Crippen LogP contribution in [0.25, 0.3) is 22.2 Å². The number of benzene rings is 2. The zero-order valence-electron chi connectivity index (χ0n) is 17.2. The van der Waals surface area contributed by atoms with Gasteiger partial charge < -0.3 is 25.7 Å². The maximum atomic E-state index is 11.7. The Morgan fingerprint density at radius 2 is 2.03 bits per heavy atom. The number of ether oxygens (including phenoxy) is 1. The molecule has 1 amide bonds. The molecule has 0 saturated carbocycles. The van der Waals surface area contributed by atoms with Gasteiger partial charge in [0.1, 0.15) is 5.75 Å². The molecular weight excluding hydrogens is 392 g/mol. The van der Waals surface area contributed by atoms with Crippen LogP contribution in [0.3, 0.4) is 0 Å². The smallest absolute Gasteiger partial charge is 0.247 e. The second kappa shape index (κ2) is 8.19. The number of nitrogens with zero attached hydrogens (tertiary/aromatic N) is 3. The number of anilines is 4. The van der Waals surface area contributed by atoms with Gasteiger partial charge in [-0.25, -0.2) is 9.97 Å². The van der Waals surface area contributed by atoms with Crippen molar-refractivity contribution in [2.24, 2.45) is 7.05 Å². The van der Waals surface area contributed by atoms with Gasteiger partial charge in [-0.2, -0.15) is 0 Å². The predicted molar refractivity (Wildman–Crippen MR) is 123 cm³/mol. The van der Waals surface area contributed by atoms with Crippen LogP contribution in [0.1, 0.15) is 0 Å². The zero-order chi connectivity index (χ0) is 22.0. The second-order valence-corrected chi connectivity index (χ2v) is 6.89. The fourth-order valence-electron chi connectivity index (χ4n) is 3.39. The zero-order valence-corrected chi connectivity index (χ0v) is 17.2. The lowest BCUT2D eigenvalue weighted by Gasteiger charge is -2.15. The SMILES string of the molecule is C=CC(=O)Nc1cc(Nc2nccc(-c3cn(C)c4ccccc34)n2)c(OC)cc1N. The molecule has 31 heavy (non-hydrogen) atoms. The summed E-state index contributed by atoms with van der Waals surface area (Å²) in [4.78, 5) is 20.7. The number of fused-ring (bicyclic) bond motifs is 1. The van der Waals surface area contributed by atoms with E-state index < -0.39 is 0 Å². The number of methoxy groups -OCH3 is 1. The van der Waals surface area contributed by atoms with E-state index in [4.69, 9.17) is 10.5 Å². The number of carbonyl (C=O) groups excluding carboxylic acids is 1. The van der Waals surface area contributed by atoms with E-state index in [0.717, 1.165) is 22.2 Å². The Bertz CT molecular complexity index is 1290. The molecule has 2 aromatic heterocycles. The van der Waals surface area contributed by atoms with Gasteiger partial charge in [0, 0.05) is 42.0 Å². The van der Waals surface area contributed by atoms with Crippen LogP contribution >= 0.6 is 0 Å². The molecule has 0 aliphatic carbocycles. The second-order valence-electron chi connectivity index (χ2n) is 6.89. The maximum absolute atomic E-state index is 11.7. The summed E-state index contributed by atoms with van der Waals surface area (Å²) in [5.74, 6) is 0.514. The summed E-state index contributed by atoms with van der Waals surface area (Å²) >= 11 is 0. The molecule has 2 aromatic carbocycles. The number of rotatable bonds is 6. The summed E-state index contributed by atoms with van der Waals surface area (Å²) in [5.41, 5.74) is 10.3. The lowest BCUT2D eigenvalue weighted by Crippen LogP contribution is -2.10. The summed E-state index contributed by atoms with van der Waals surface area (Å²) in [6, 6.07) is 13.3. The molecule has 0 radical (unpaired) electrons. The van der Waals surface area contributed by atoms with E-state index in [-0.39, 0.29) is 5.91 Å². The molecule has 8 heteroatoms. The van der Waals surface area contributed by atoms with Crippen LogP contribution in [0.2, 0.25) is 0 Å². The minimum absolute atomic E-state index is 0.364. The Labute approximate surface area is 179 Å². The molecule has 0 bridgehead atoms. The largest absolute Gasteiger partial charge is 0.494 e. The minimum atomic E-state index is -0.364. The number of para-hydroxylation sites is 1. The first-order valence-corrected chi connectivity index (χ1v) is 9.55. The molecule has 4 aromatic rings. The van der Waals surface area contributed by atoms with E-state index in [2.05, 4.69) is 43.9 Å². The minimum Gasteiger partial charge on any atom is -0.494 e. The first-order chi connectivity index (χ1) is 15.0. The van der Waals surface area contributed by atoms with Gasteiger partial charge in [-0.05, 0) is 24.3 Å². The third-order valence-electron chi connectivity index (χ3n) is 4.89. The first kappa shape index (κ1) is 20.0. The van der Waals surface area contributed by atoms with Crippen LogP contribution in [0.15, 0.2) is 67.5 Å². The maximum Gasteiger partial charge on any atom is 0.247 e. The summed E-state index contributed by atoms with van der Waals surface area (Å²) in [6.45, 7) is 3.46. The van der Waals surface area contributed by atoms with E-state index in [1.807, 2.05) is 31.4 Å². The van der Waals surface area contributed by atoms with Gasteiger partial charge >= 0.3 is 0 Å². The van der Waals surface area contributed by atoms with E-state index in [9.17, 15) is 4.79 Å². The Kier molecular flexibility index (Phi) is 5.28. The third kappa shape index (κ3) is 3.91. The first-order valence-electron chi connectivity index (χ1n) is 9.55. The van der Waals surface area contributed by atoms with Crippen LogP contribution in [-0.2, 0) is 11.8 Å². The van der Waals surface area contributed by atoms with Gasteiger partial charge in [0.25, 0.3) is 0 Å². The Balaban J connectivity index is 1.71. The van der Waals surface area contributed by atoms with Crippen molar-refractivity contribution in [1.29, 1.82) is 0 Å². The van der Waals surface area contributed by atoms with Crippen LogP contribution in [0.5, 0.6) is 5.75 Å². The number of aryl methyl sites for hydroxylation is 1. The number of nitrogens with one attached hydrogen (secondary N) is 2. The van der Waals surface area contributed by atoms with Crippen LogP contribution in [0.4, 0.5) is 23.0 Å². The van der Waals surface area contributed by atoms with Crippen molar-refractivity contribution >= 4 is 39.8 Å². The molecule has 0 spiro atoms. The lowest BCUT2D eigenvalue weighted by atomic mass is 10.1. The van der Waals surface area contributed by atoms with Gasteiger partial charge in [0.15, 0.2) is 0 Å². The Morgan fingerprint density at radius 3 is 2.81 bits per heavy atom. The Hall–Kier alpha value is -4.33. The van der Waals surface area contributed by atoms with Crippen molar-refractivity contribution in [2.75, 3.05) is 23.5 Å². The monoisotopic (exact) mass is 414 g/mol. The average Bonchev–Trinajstić information content (AvgIpc) is 3.12. The molecule has 4 N–H and O–H groups in total. The number of amides is 1. The van der Waals surface area contributed by atoms with Crippen LogP contribution < -0.4 is 21.1 Å². The van der Waals surface area contributed by atoms with Gasteiger partial charge in [-0.15, -0.1) is 0 Å². The number of nitrogens with two attached hydrogens (primary N) is 1. The summed E-state index contributed by atoms with van der Waals surface area (Å²) in [7, 11) is 3.54. The van der Waals surface area contributed by atoms with Crippen molar-refractivity contribution < 1.29 is 9.53 Å². The third-order valence-corrected chi connectivity index (χ3v) is 4.89.